The topological polar surface area (TPSA) is 104 Å². The predicted octanol–water partition coefficient (Wildman–Crippen LogP) is 2.50. The second-order valence-corrected chi connectivity index (χ2v) is 7.87. The summed E-state index contributed by atoms with van der Waals surface area (Å²) in [6.07, 6.45) is -1.23. The Bertz CT molecular complexity index is 1130. The van der Waals surface area contributed by atoms with E-state index in [0.717, 1.165) is 4.57 Å². The molecule has 12 heteroatoms. The number of halogens is 3. The van der Waals surface area contributed by atoms with Gasteiger partial charge >= 0.3 is 12.2 Å². The zero-order valence-electron chi connectivity index (χ0n) is 17.9. The van der Waals surface area contributed by atoms with Crippen LogP contribution in [0, 0.1) is 11.3 Å². The number of amides is 2. The molecule has 2 N–H and O–H groups in total. The Hall–Kier alpha value is -3.57. The van der Waals surface area contributed by atoms with Crippen LogP contribution < -0.4 is 20.4 Å². The molecule has 2 aliphatic rings. The fourth-order valence-electron chi connectivity index (χ4n) is 4.03. The number of nitrogens with zero attached hydrogens (tertiary/aromatic N) is 4. The van der Waals surface area contributed by atoms with Crippen molar-refractivity contribution in [2.24, 2.45) is 5.92 Å². The van der Waals surface area contributed by atoms with E-state index in [0.29, 0.717) is 23.8 Å². The number of pyridine rings is 2. The van der Waals surface area contributed by atoms with Crippen molar-refractivity contribution in [3.63, 3.8) is 0 Å². The number of carbonyl (C=O) groups is 2. The average Bonchev–Trinajstić information content (AvgIpc) is 2.81. The van der Waals surface area contributed by atoms with E-state index in [1.54, 1.807) is 11.0 Å². The van der Waals surface area contributed by atoms with Crippen LogP contribution in [0.3, 0.4) is 0 Å². The van der Waals surface area contributed by atoms with Gasteiger partial charge in [0.05, 0.1) is 18.0 Å². The molecule has 0 bridgehead atoms. The van der Waals surface area contributed by atoms with Crippen LogP contribution in [0.5, 0.6) is 5.75 Å². The third-order valence-corrected chi connectivity index (χ3v) is 5.76. The Morgan fingerprint density at radius 1 is 1.27 bits per heavy atom. The fourth-order valence-corrected chi connectivity index (χ4v) is 4.03. The Kier molecular flexibility index (Phi) is 6.00. The van der Waals surface area contributed by atoms with E-state index in [4.69, 9.17) is 10.1 Å². The SMILES string of the molecule is CNC(=O)n1ccc(N2CCOc3cc(C(=O)N4CCC[C@H](C(F)(F)F)C4)cnc32)cc1=N. The Morgan fingerprint density at radius 3 is 2.76 bits per heavy atom. The van der Waals surface area contributed by atoms with Crippen molar-refractivity contribution in [1.82, 2.24) is 19.8 Å². The first-order valence-electron chi connectivity index (χ1n) is 10.4. The van der Waals surface area contributed by atoms with Crippen LogP contribution >= 0.6 is 0 Å². The van der Waals surface area contributed by atoms with Crippen molar-refractivity contribution in [2.75, 3.05) is 38.2 Å². The molecule has 2 aromatic rings. The maximum absolute atomic E-state index is 13.1. The zero-order valence-corrected chi connectivity index (χ0v) is 17.9. The number of carbonyl (C=O) groups excluding carboxylic acids is 2. The standard InChI is InChI=1S/C21H23F3N6O3/c1-26-20(32)30-6-4-15(10-17(30)25)29-7-8-33-16-9-13(11-27-18(16)29)19(31)28-5-2-3-14(12-28)21(22,23)24/h4,6,9-11,14,25H,2-3,5,7-8,12H2,1H3,(H,26,32)/t14-/m0/s1. The van der Waals surface area contributed by atoms with Gasteiger partial charge in [0.2, 0.25) is 0 Å². The Labute approximate surface area is 187 Å². The Morgan fingerprint density at radius 2 is 2.06 bits per heavy atom. The number of aromatic nitrogens is 2. The second kappa shape index (κ2) is 8.75. The van der Waals surface area contributed by atoms with Gasteiger partial charge in [0.25, 0.3) is 5.91 Å². The Balaban J connectivity index is 1.58. The molecule has 0 radical (unpaired) electrons. The molecule has 0 saturated carbocycles. The van der Waals surface area contributed by atoms with Crippen molar-refractivity contribution in [3.8, 4) is 5.75 Å². The molecule has 4 rings (SSSR count). The van der Waals surface area contributed by atoms with E-state index in [-0.39, 0.29) is 43.6 Å². The number of nitrogens with one attached hydrogen (secondary N) is 2. The summed E-state index contributed by atoms with van der Waals surface area (Å²) in [6.45, 7) is 0.602. The summed E-state index contributed by atoms with van der Waals surface area (Å²) in [5.41, 5.74) is 0.737. The summed E-state index contributed by atoms with van der Waals surface area (Å²) in [7, 11) is 1.47. The van der Waals surface area contributed by atoms with Crippen LogP contribution in [-0.2, 0) is 0 Å². The van der Waals surface area contributed by atoms with E-state index < -0.39 is 24.0 Å². The quantitative estimate of drug-likeness (QED) is 0.711. The van der Waals surface area contributed by atoms with Gasteiger partial charge in [-0.05, 0) is 25.0 Å². The van der Waals surface area contributed by atoms with Gasteiger partial charge in [0, 0.05) is 44.3 Å². The molecule has 4 heterocycles. The molecule has 0 unspecified atom stereocenters. The maximum atomic E-state index is 13.1. The molecular weight excluding hydrogens is 441 g/mol. The van der Waals surface area contributed by atoms with Crippen LogP contribution in [0.1, 0.15) is 23.2 Å². The summed E-state index contributed by atoms with van der Waals surface area (Å²) < 4.78 is 46.2. The smallest absolute Gasteiger partial charge is 0.393 e. The number of likely N-dealkylation sites (tertiary alicyclic amines) is 1. The minimum atomic E-state index is -4.33. The molecule has 1 fully saturated rings. The van der Waals surface area contributed by atoms with E-state index in [1.165, 1.54) is 36.5 Å². The number of hydrogen-bond donors (Lipinski definition) is 2. The molecule has 33 heavy (non-hydrogen) atoms. The zero-order chi connectivity index (χ0) is 23.8. The van der Waals surface area contributed by atoms with Gasteiger partial charge in [0.1, 0.15) is 12.1 Å². The molecule has 0 aliphatic carbocycles. The van der Waals surface area contributed by atoms with Crippen molar-refractivity contribution in [1.29, 1.82) is 5.41 Å². The van der Waals surface area contributed by atoms with E-state index in [9.17, 15) is 22.8 Å². The molecule has 2 amide bonds. The normalized spacial score (nSPS) is 18.4. The lowest BCUT2D eigenvalue weighted by molar-refractivity contribution is -0.184. The third-order valence-electron chi connectivity index (χ3n) is 5.76. The van der Waals surface area contributed by atoms with Crippen LogP contribution in [0.4, 0.5) is 29.5 Å². The average molecular weight is 464 g/mol. The second-order valence-electron chi connectivity index (χ2n) is 7.87. The first-order chi connectivity index (χ1) is 15.7. The van der Waals surface area contributed by atoms with Gasteiger partial charge in [-0.25, -0.2) is 9.78 Å². The van der Waals surface area contributed by atoms with Crippen LogP contribution in [0.15, 0.2) is 30.6 Å². The van der Waals surface area contributed by atoms with Crippen LogP contribution in [0.25, 0.3) is 0 Å². The summed E-state index contributed by atoms with van der Waals surface area (Å²) >= 11 is 0. The van der Waals surface area contributed by atoms with Gasteiger partial charge in [-0.1, -0.05) is 0 Å². The molecule has 2 aliphatic heterocycles. The van der Waals surface area contributed by atoms with Gasteiger partial charge in [0.15, 0.2) is 11.6 Å². The summed E-state index contributed by atoms with van der Waals surface area (Å²) in [4.78, 5) is 32.0. The monoisotopic (exact) mass is 464 g/mol. The first-order valence-corrected chi connectivity index (χ1v) is 10.4. The van der Waals surface area contributed by atoms with Crippen LogP contribution in [0.2, 0.25) is 0 Å². The molecule has 2 aromatic heterocycles. The molecule has 1 saturated heterocycles. The molecule has 0 spiro atoms. The highest BCUT2D eigenvalue weighted by Gasteiger charge is 2.43. The molecular formula is C21H23F3N6O3. The fraction of sp³-hybridized carbons (Fsp3) is 0.429. The van der Waals surface area contributed by atoms with E-state index >= 15 is 0 Å². The van der Waals surface area contributed by atoms with Gasteiger partial charge in [-0.2, -0.15) is 13.2 Å². The number of anilines is 2. The van der Waals surface area contributed by atoms with Crippen molar-refractivity contribution in [3.05, 3.63) is 41.6 Å². The summed E-state index contributed by atoms with van der Waals surface area (Å²) in [5, 5.41) is 10.6. The van der Waals surface area contributed by atoms with Crippen molar-refractivity contribution < 1.29 is 27.5 Å². The summed E-state index contributed by atoms with van der Waals surface area (Å²) in [6, 6.07) is 4.22. The molecule has 9 nitrogen and oxygen atoms in total. The van der Waals surface area contributed by atoms with Gasteiger partial charge in [-0.15, -0.1) is 0 Å². The lowest BCUT2D eigenvalue weighted by atomic mass is 9.97. The lowest BCUT2D eigenvalue weighted by Gasteiger charge is -2.34. The number of piperidine rings is 1. The minimum Gasteiger partial charge on any atom is -0.488 e. The number of hydrogen-bond acceptors (Lipinski definition) is 6. The number of alkyl halides is 3. The summed E-state index contributed by atoms with van der Waals surface area (Å²) in [5.74, 6) is -1.30. The van der Waals surface area contributed by atoms with Crippen molar-refractivity contribution in [2.45, 2.75) is 19.0 Å². The van der Waals surface area contributed by atoms with E-state index in [1.807, 2.05) is 0 Å². The highest BCUT2D eigenvalue weighted by Crippen LogP contribution is 2.36. The molecule has 0 aromatic carbocycles. The van der Waals surface area contributed by atoms with Crippen LogP contribution in [-0.4, -0.2) is 65.9 Å². The van der Waals surface area contributed by atoms with Crippen molar-refractivity contribution >= 4 is 23.4 Å². The van der Waals surface area contributed by atoms with E-state index in [2.05, 4.69) is 10.3 Å². The number of fused-ring (bicyclic) bond motifs is 1. The predicted molar refractivity (Wildman–Crippen MR) is 112 cm³/mol. The lowest BCUT2D eigenvalue weighted by Crippen LogP contribution is -2.44. The van der Waals surface area contributed by atoms with Gasteiger partial charge < -0.3 is 19.9 Å². The minimum absolute atomic E-state index is 0.0166. The van der Waals surface area contributed by atoms with Gasteiger partial charge in [-0.3, -0.25) is 14.8 Å². The highest BCUT2D eigenvalue weighted by atomic mass is 19.4. The molecule has 176 valence electrons. The first kappa shape index (κ1) is 22.6. The highest BCUT2D eigenvalue weighted by molar-refractivity contribution is 5.95. The number of rotatable bonds is 2. The molecule has 1 atom stereocenters. The maximum Gasteiger partial charge on any atom is 0.393 e. The number of ether oxygens (including phenoxy) is 1. The largest absolute Gasteiger partial charge is 0.488 e. The third kappa shape index (κ3) is 4.50.